The highest BCUT2D eigenvalue weighted by Crippen LogP contribution is 2.40. The highest BCUT2D eigenvalue weighted by Gasteiger charge is 2.22. The van der Waals surface area contributed by atoms with Gasteiger partial charge in [0.15, 0.2) is 5.16 Å². The van der Waals surface area contributed by atoms with Gasteiger partial charge in [0.1, 0.15) is 16.3 Å². The number of aromatic nitrogens is 5. The SMILES string of the molecule is CCN(CC)c1ccc(N=Nc2nc3ccc(Cl)cc3s2)c(Nc2nc(Nc3cc(N(CC)CC)ccc3N=Nc3nc4ccc(Cl)c(S(=O)(=O)O)c4s3)nc(SCCO)n2)c1.O=S(=O)=O. The second-order valence-electron chi connectivity index (χ2n) is 13.2. The molecule has 7 aromatic rings. The Morgan fingerprint density at radius 2 is 1.21 bits per heavy atom. The number of benzene rings is 4. The van der Waals surface area contributed by atoms with Crippen LogP contribution in [0.2, 0.25) is 10.0 Å². The van der Waals surface area contributed by atoms with Crippen molar-refractivity contribution in [3.05, 3.63) is 76.8 Å². The molecule has 0 aliphatic rings. The van der Waals surface area contributed by atoms with Crippen molar-refractivity contribution < 1.29 is 30.7 Å². The van der Waals surface area contributed by atoms with E-state index in [0.29, 0.717) is 43.8 Å². The van der Waals surface area contributed by atoms with Crippen LogP contribution in [0.25, 0.3) is 20.4 Å². The molecule has 0 aliphatic heterocycles. The van der Waals surface area contributed by atoms with Gasteiger partial charge >= 0.3 is 10.6 Å². The van der Waals surface area contributed by atoms with Crippen LogP contribution >= 0.6 is 57.6 Å². The van der Waals surface area contributed by atoms with Crippen molar-refractivity contribution in [3.8, 4) is 0 Å². The van der Waals surface area contributed by atoms with Crippen LogP contribution in [0.15, 0.2) is 97.2 Å². The quantitative estimate of drug-likeness (QED) is 0.0353. The smallest absolute Gasteiger partial charge is 0.396 e. The van der Waals surface area contributed by atoms with Crippen molar-refractivity contribution in [1.82, 2.24) is 24.9 Å². The summed E-state index contributed by atoms with van der Waals surface area (Å²) in [4.78, 5) is 27.0. The summed E-state index contributed by atoms with van der Waals surface area (Å²) in [7, 11) is -7.76. The number of aliphatic hydroxyl groups excluding tert-OH is 1. The first-order valence-corrected chi connectivity index (χ1v) is 25.5. The van der Waals surface area contributed by atoms with Gasteiger partial charge in [0, 0.05) is 48.3 Å². The summed E-state index contributed by atoms with van der Waals surface area (Å²) in [5, 5.41) is 35.7. The fourth-order valence-corrected chi connectivity index (χ4v) is 10.3. The summed E-state index contributed by atoms with van der Waals surface area (Å²) in [5.41, 5.74) is 4.85. The summed E-state index contributed by atoms with van der Waals surface area (Å²) in [6.45, 7) is 11.2. The van der Waals surface area contributed by atoms with E-state index >= 15 is 0 Å². The van der Waals surface area contributed by atoms with Gasteiger partial charge in [-0.25, -0.2) is 9.97 Å². The Morgan fingerprint density at radius 3 is 1.73 bits per heavy atom. The van der Waals surface area contributed by atoms with E-state index in [0.717, 1.165) is 59.1 Å². The molecule has 0 unspecified atom stereocenters. The van der Waals surface area contributed by atoms with Gasteiger partial charge < -0.3 is 25.5 Å². The topological polar surface area (TPSA) is 270 Å². The van der Waals surface area contributed by atoms with Crippen molar-refractivity contribution in [1.29, 1.82) is 0 Å². The summed E-state index contributed by atoms with van der Waals surface area (Å²) >= 11 is 15.9. The Bertz CT molecular complexity index is 3150. The van der Waals surface area contributed by atoms with E-state index in [9.17, 15) is 18.1 Å². The maximum atomic E-state index is 12.2. The molecular formula is C39H39Cl2N13O7S5. The molecule has 0 bridgehead atoms. The number of hydrogen-bond acceptors (Lipinski definition) is 22. The number of rotatable bonds is 18. The molecule has 20 nitrogen and oxygen atoms in total. The number of anilines is 6. The van der Waals surface area contributed by atoms with Crippen LogP contribution in [0, 0.1) is 0 Å². The first-order valence-electron chi connectivity index (χ1n) is 19.7. The van der Waals surface area contributed by atoms with Crippen LogP contribution < -0.4 is 20.4 Å². The van der Waals surface area contributed by atoms with Crippen LogP contribution in [0.3, 0.4) is 0 Å². The monoisotopic (exact) mass is 1030 g/mol. The van der Waals surface area contributed by atoms with E-state index in [1.54, 1.807) is 12.1 Å². The number of nitrogens with one attached hydrogen (secondary N) is 2. The first kappa shape index (κ1) is 49.9. The standard InChI is InChI=1S/C39H39Cl2N13O4S4.O3S/c1-5-53(6-2)23-10-14-26(49-51-38-44-28-13-9-22(40)19-32(28)60-38)30(20-23)42-35-46-36(48-37(47-35)59-18-17-55)43-31-21-24(54(7-3)8-4)11-15-27(31)50-52-39-45-29-16-12-25(41)34(33(29)61-39)62(56,57)58;1-4(2)3/h9-16,19-21,55H,5-8,17-18H2,1-4H3,(H,56,57,58)(H2,42,43,46,47,48);. The van der Waals surface area contributed by atoms with Crippen LogP contribution in [0.4, 0.5) is 56.3 Å². The molecule has 0 aliphatic carbocycles. The largest absolute Gasteiger partial charge is 0.425 e. The lowest BCUT2D eigenvalue weighted by molar-refractivity contribution is 0.322. The molecule has 0 spiro atoms. The van der Waals surface area contributed by atoms with Gasteiger partial charge in [-0.15, -0.1) is 33.1 Å². The third-order valence-corrected chi connectivity index (χ3v) is 13.6. The zero-order valence-electron chi connectivity index (χ0n) is 35.2. The lowest BCUT2D eigenvalue weighted by Crippen LogP contribution is -2.21. The highest BCUT2D eigenvalue weighted by atomic mass is 35.5. The number of azo groups is 2. The zero-order valence-corrected chi connectivity index (χ0v) is 40.8. The molecule has 3 heterocycles. The van der Waals surface area contributed by atoms with Gasteiger partial charge in [-0.3, -0.25) is 4.55 Å². The maximum absolute atomic E-state index is 12.2. The minimum absolute atomic E-state index is 0.101. The lowest BCUT2D eigenvalue weighted by Gasteiger charge is -2.22. The van der Waals surface area contributed by atoms with Crippen molar-refractivity contribution in [2.24, 2.45) is 20.5 Å². The highest BCUT2D eigenvalue weighted by molar-refractivity contribution is 7.99. The number of nitrogens with zero attached hydrogens (tertiary/aromatic N) is 11. The van der Waals surface area contributed by atoms with Gasteiger partial charge in [0.25, 0.3) is 10.1 Å². The molecule has 4 N–H and O–H groups in total. The van der Waals surface area contributed by atoms with Gasteiger partial charge in [-0.2, -0.15) is 23.4 Å². The maximum Gasteiger partial charge on any atom is 0.425 e. The molecule has 7 rings (SSSR count). The second-order valence-corrected chi connectivity index (χ2v) is 18.9. The molecule has 346 valence electrons. The molecule has 0 radical (unpaired) electrons. The molecular weight excluding hydrogens is 994 g/mol. The number of thioether (sulfide) groups is 1. The summed E-state index contributed by atoms with van der Waals surface area (Å²) < 4.78 is 60.5. The van der Waals surface area contributed by atoms with Crippen LogP contribution in [-0.2, 0) is 20.7 Å². The Kier molecular flexibility index (Phi) is 17.2. The van der Waals surface area contributed by atoms with Crippen molar-refractivity contribution in [2.45, 2.75) is 37.7 Å². The minimum atomic E-state index is -4.64. The van der Waals surface area contributed by atoms with Gasteiger partial charge in [-0.05, 0) is 94.4 Å². The number of thiazole rings is 2. The molecule has 0 saturated carbocycles. The average molecular weight is 1030 g/mol. The second kappa shape index (κ2) is 22.8. The van der Waals surface area contributed by atoms with Crippen LogP contribution in [0.5, 0.6) is 0 Å². The molecule has 0 saturated heterocycles. The number of hydrogen-bond donors (Lipinski definition) is 4. The molecule has 0 atom stereocenters. The number of fused-ring (bicyclic) bond motifs is 2. The predicted octanol–water partition coefficient (Wildman–Crippen LogP) is 10.7. The Labute approximate surface area is 402 Å². The summed E-state index contributed by atoms with van der Waals surface area (Å²) in [5.74, 6) is 0.688. The Hall–Kier alpha value is -5.51. The third-order valence-electron chi connectivity index (χ3n) is 9.18. The van der Waals surface area contributed by atoms with E-state index in [1.165, 1.54) is 35.2 Å². The van der Waals surface area contributed by atoms with Crippen LogP contribution in [0.1, 0.15) is 27.7 Å². The zero-order chi connectivity index (χ0) is 47.5. The normalized spacial score (nSPS) is 11.6. The van der Waals surface area contributed by atoms with Crippen molar-refractivity contribution >= 4 is 155 Å². The first-order chi connectivity index (χ1) is 31.6. The Morgan fingerprint density at radius 1 is 0.697 bits per heavy atom. The van der Waals surface area contributed by atoms with Crippen molar-refractivity contribution in [2.75, 3.05) is 59.0 Å². The third kappa shape index (κ3) is 12.9. The lowest BCUT2D eigenvalue weighted by atomic mass is 10.2. The number of halogens is 2. The van der Waals surface area contributed by atoms with Crippen molar-refractivity contribution in [3.63, 3.8) is 0 Å². The van der Waals surface area contributed by atoms with E-state index in [2.05, 4.69) is 88.5 Å². The molecule has 0 fully saturated rings. The predicted molar refractivity (Wildman–Crippen MR) is 261 cm³/mol. The van der Waals surface area contributed by atoms with Crippen LogP contribution in [-0.4, -0.2) is 94.2 Å². The van der Waals surface area contributed by atoms with E-state index < -0.39 is 25.6 Å². The molecule has 0 amide bonds. The summed E-state index contributed by atoms with van der Waals surface area (Å²) in [6, 6.07) is 19.7. The summed E-state index contributed by atoms with van der Waals surface area (Å²) in [6.07, 6.45) is 0. The fourth-order valence-electron chi connectivity index (χ4n) is 6.24. The van der Waals surface area contributed by atoms with E-state index in [-0.39, 0.29) is 38.9 Å². The molecule has 3 aromatic heterocycles. The molecule has 66 heavy (non-hydrogen) atoms. The molecule has 4 aromatic carbocycles. The van der Waals surface area contributed by atoms with E-state index in [1.807, 2.05) is 42.5 Å². The number of aliphatic hydroxyl groups is 1. The molecule has 27 heteroatoms. The Balaban J connectivity index is 0.00000173. The van der Waals surface area contributed by atoms with Gasteiger partial charge in [0.05, 0.1) is 43.4 Å². The van der Waals surface area contributed by atoms with E-state index in [4.69, 9.17) is 40.8 Å². The van der Waals surface area contributed by atoms with Gasteiger partial charge in [0.2, 0.25) is 22.2 Å². The van der Waals surface area contributed by atoms with Gasteiger partial charge in [-0.1, -0.05) is 57.6 Å². The average Bonchev–Trinajstić information content (AvgIpc) is 3.88. The minimum Gasteiger partial charge on any atom is -0.396 e. The fraction of sp³-hybridized carbons (Fsp3) is 0.256.